The molecule has 1 heterocycles. The molecule has 1 aromatic heterocycles. The normalized spacial score (nSPS) is 15.0. The van der Waals surface area contributed by atoms with Crippen molar-refractivity contribution >= 4 is 17.7 Å². The standard InChI is InChI=1S/C19H23NO/c1-4-6-11-15(3)14-17-18(5-2)21-19(20-17)16-12-9-7-8-10-13-16/h5,7,9-10,12-14H,2,4,6,8,11H2,1,3H3/b15-14+. The first-order valence-corrected chi connectivity index (χ1v) is 7.58. The van der Waals surface area contributed by atoms with Gasteiger partial charge in [0.25, 0.3) is 0 Å². The van der Waals surface area contributed by atoms with E-state index < -0.39 is 0 Å². The molecule has 0 unspecified atom stereocenters. The molecular formula is C19H23NO. The average molecular weight is 281 g/mol. The van der Waals surface area contributed by atoms with E-state index in [-0.39, 0.29) is 0 Å². The van der Waals surface area contributed by atoms with Crippen LogP contribution in [-0.2, 0) is 0 Å². The quantitative estimate of drug-likeness (QED) is 0.657. The molecule has 1 aromatic rings. The van der Waals surface area contributed by atoms with Crippen LogP contribution in [0.15, 0.2) is 46.9 Å². The maximum Gasteiger partial charge on any atom is 0.227 e. The second kappa shape index (κ2) is 7.63. The molecule has 0 saturated carbocycles. The Labute approximate surface area is 127 Å². The van der Waals surface area contributed by atoms with Crippen molar-refractivity contribution in [3.63, 3.8) is 0 Å². The van der Waals surface area contributed by atoms with Gasteiger partial charge in [0.2, 0.25) is 5.89 Å². The van der Waals surface area contributed by atoms with Crippen molar-refractivity contribution in [1.29, 1.82) is 0 Å². The second-order valence-corrected chi connectivity index (χ2v) is 5.26. The van der Waals surface area contributed by atoms with Crippen LogP contribution in [0.25, 0.3) is 17.7 Å². The summed E-state index contributed by atoms with van der Waals surface area (Å²) in [6.45, 7) is 8.17. The van der Waals surface area contributed by atoms with E-state index in [0.717, 1.165) is 29.9 Å². The zero-order valence-corrected chi connectivity index (χ0v) is 12.9. The molecule has 0 amide bonds. The summed E-state index contributed by atoms with van der Waals surface area (Å²) >= 11 is 0. The van der Waals surface area contributed by atoms with Crippen LogP contribution >= 0.6 is 0 Å². The molecule has 21 heavy (non-hydrogen) atoms. The second-order valence-electron chi connectivity index (χ2n) is 5.26. The fraction of sp³-hybridized carbons (Fsp3) is 0.316. The highest BCUT2D eigenvalue weighted by Gasteiger charge is 2.11. The molecule has 110 valence electrons. The van der Waals surface area contributed by atoms with Gasteiger partial charge in [0.05, 0.1) is 0 Å². The van der Waals surface area contributed by atoms with E-state index in [2.05, 4.69) is 49.7 Å². The topological polar surface area (TPSA) is 26.0 Å². The Hall–Kier alpha value is -2.09. The molecule has 2 rings (SSSR count). The number of rotatable bonds is 6. The highest BCUT2D eigenvalue weighted by atomic mass is 16.4. The summed E-state index contributed by atoms with van der Waals surface area (Å²) in [5.41, 5.74) is 3.19. The maximum atomic E-state index is 5.84. The number of nitrogens with zero attached hydrogens (tertiary/aromatic N) is 1. The molecule has 0 aliphatic heterocycles. The average Bonchev–Trinajstić information content (AvgIpc) is 2.71. The van der Waals surface area contributed by atoms with E-state index in [9.17, 15) is 0 Å². The number of aromatic nitrogens is 1. The lowest BCUT2D eigenvalue weighted by atomic mass is 10.1. The monoisotopic (exact) mass is 281 g/mol. The summed E-state index contributed by atoms with van der Waals surface area (Å²) in [5, 5.41) is 0. The van der Waals surface area contributed by atoms with Gasteiger partial charge in [-0.3, -0.25) is 0 Å². The molecule has 1 aliphatic rings. The van der Waals surface area contributed by atoms with Crippen molar-refractivity contribution in [2.75, 3.05) is 0 Å². The van der Waals surface area contributed by atoms with Crippen molar-refractivity contribution in [2.24, 2.45) is 0 Å². The fourth-order valence-corrected chi connectivity index (χ4v) is 2.20. The van der Waals surface area contributed by atoms with E-state index in [4.69, 9.17) is 4.42 Å². The van der Waals surface area contributed by atoms with Crippen molar-refractivity contribution in [3.05, 3.63) is 59.9 Å². The third-order valence-corrected chi connectivity index (χ3v) is 3.40. The van der Waals surface area contributed by atoms with Gasteiger partial charge in [0, 0.05) is 5.57 Å². The Balaban J connectivity index is 2.29. The third-order valence-electron chi connectivity index (χ3n) is 3.40. The van der Waals surface area contributed by atoms with Gasteiger partial charge in [-0.25, -0.2) is 4.98 Å². The van der Waals surface area contributed by atoms with E-state index in [0.29, 0.717) is 5.89 Å². The minimum atomic E-state index is 0.655. The van der Waals surface area contributed by atoms with Crippen LogP contribution in [0.3, 0.4) is 0 Å². The summed E-state index contributed by atoms with van der Waals surface area (Å²) in [6.07, 6.45) is 18.6. The van der Waals surface area contributed by atoms with Crippen LogP contribution in [0.4, 0.5) is 0 Å². The SMILES string of the molecule is C=Cc1oc(C2=CC=CCC=C2)nc1/C=C(\C)CCCC. The summed E-state index contributed by atoms with van der Waals surface area (Å²) in [6, 6.07) is 0. The molecule has 0 atom stereocenters. The summed E-state index contributed by atoms with van der Waals surface area (Å²) < 4.78 is 5.84. The Morgan fingerprint density at radius 3 is 3.05 bits per heavy atom. The highest BCUT2D eigenvalue weighted by molar-refractivity contribution is 5.72. The number of allylic oxidation sites excluding steroid dienone is 7. The van der Waals surface area contributed by atoms with Gasteiger partial charge < -0.3 is 4.42 Å². The van der Waals surface area contributed by atoms with Gasteiger partial charge in [0.1, 0.15) is 5.69 Å². The zero-order valence-electron chi connectivity index (χ0n) is 12.9. The largest absolute Gasteiger partial charge is 0.436 e. The summed E-state index contributed by atoms with van der Waals surface area (Å²) in [5.74, 6) is 1.39. The van der Waals surface area contributed by atoms with Crippen molar-refractivity contribution in [1.82, 2.24) is 4.98 Å². The third kappa shape index (κ3) is 4.19. The lowest BCUT2D eigenvalue weighted by Gasteiger charge is -1.97. The lowest BCUT2D eigenvalue weighted by Crippen LogP contribution is -1.83. The molecule has 0 radical (unpaired) electrons. The number of hydrogen-bond donors (Lipinski definition) is 0. The highest BCUT2D eigenvalue weighted by Crippen LogP contribution is 2.24. The predicted molar refractivity (Wildman–Crippen MR) is 90.6 cm³/mol. The first kappa shape index (κ1) is 15.3. The van der Waals surface area contributed by atoms with Crippen molar-refractivity contribution < 1.29 is 4.42 Å². The molecule has 0 spiro atoms. The lowest BCUT2D eigenvalue weighted by molar-refractivity contribution is 0.534. The van der Waals surface area contributed by atoms with Crippen molar-refractivity contribution in [2.45, 2.75) is 39.5 Å². The van der Waals surface area contributed by atoms with E-state index in [1.807, 2.05) is 12.2 Å². The number of oxazole rings is 1. The molecule has 0 aromatic carbocycles. The van der Waals surface area contributed by atoms with Gasteiger partial charge in [-0.1, -0.05) is 49.8 Å². The fourth-order valence-electron chi connectivity index (χ4n) is 2.20. The molecule has 0 N–H and O–H groups in total. The van der Waals surface area contributed by atoms with E-state index in [1.165, 1.54) is 18.4 Å². The minimum absolute atomic E-state index is 0.655. The van der Waals surface area contributed by atoms with E-state index >= 15 is 0 Å². The molecule has 2 nitrogen and oxygen atoms in total. The molecular weight excluding hydrogens is 258 g/mol. The van der Waals surface area contributed by atoms with Crippen molar-refractivity contribution in [3.8, 4) is 0 Å². The van der Waals surface area contributed by atoms with Gasteiger partial charge >= 0.3 is 0 Å². The van der Waals surface area contributed by atoms with Crippen LogP contribution in [0.2, 0.25) is 0 Å². The van der Waals surface area contributed by atoms with Crippen LogP contribution in [-0.4, -0.2) is 4.98 Å². The van der Waals surface area contributed by atoms with Gasteiger partial charge in [-0.15, -0.1) is 0 Å². The Morgan fingerprint density at radius 2 is 2.29 bits per heavy atom. The molecule has 0 saturated heterocycles. The van der Waals surface area contributed by atoms with Crippen LogP contribution < -0.4 is 0 Å². The van der Waals surface area contributed by atoms with Gasteiger partial charge in [0.15, 0.2) is 5.76 Å². The summed E-state index contributed by atoms with van der Waals surface area (Å²) in [4.78, 5) is 4.63. The number of unbranched alkanes of at least 4 members (excludes halogenated alkanes) is 1. The van der Waals surface area contributed by atoms with Gasteiger partial charge in [-0.2, -0.15) is 0 Å². The molecule has 0 fully saturated rings. The molecule has 1 aliphatic carbocycles. The molecule has 2 heteroatoms. The molecule has 0 bridgehead atoms. The smallest absolute Gasteiger partial charge is 0.227 e. The Bertz CT molecular complexity index is 612. The van der Waals surface area contributed by atoms with Crippen LogP contribution in [0, 0.1) is 0 Å². The maximum absolute atomic E-state index is 5.84. The van der Waals surface area contributed by atoms with Gasteiger partial charge in [-0.05, 0) is 44.4 Å². The minimum Gasteiger partial charge on any atom is -0.436 e. The predicted octanol–water partition coefficient (Wildman–Crippen LogP) is 5.81. The van der Waals surface area contributed by atoms with Crippen LogP contribution in [0.5, 0.6) is 0 Å². The first-order chi connectivity index (χ1) is 10.2. The Morgan fingerprint density at radius 1 is 1.43 bits per heavy atom. The summed E-state index contributed by atoms with van der Waals surface area (Å²) in [7, 11) is 0. The Kier molecular flexibility index (Phi) is 5.56. The zero-order chi connectivity index (χ0) is 15.1. The number of hydrogen-bond acceptors (Lipinski definition) is 2. The first-order valence-electron chi connectivity index (χ1n) is 7.58. The van der Waals surface area contributed by atoms with Crippen LogP contribution in [0.1, 0.15) is 56.9 Å². The van der Waals surface area contributed by atoms with E-state index in [1.54, 1.807) is 6.08 Å².